The summed E-state index contributed by atoms with van der Waals surface area (Å²) in [6.07, 6.45) is 0. The summed E-state index contributed by atoms with van der Waals surface area (Å²) < 4.78 is 7.68. The van der Waals surface area contributed by atoms with Gasteiger partial charge in [-0.15, -0.1) is 5.10 Å². The minimum Gasteiger partial charge on any atom is -0.496 e. The highest BCUT2D eigenvalue weighted by atomic mass is 35.5. The monoisotopic (exact) mass is 505 g/mol. The molecular weight excluding hydrogens is 482 g/mol. The van der Waals surface area contributed by atoms with Gasteiger partial charge in [0, 0.05) is 39.1 Å². The molecule has 2 heterocycles. The number of nitrogens with zero attached hydrogens (tertiary/aromatic N) is 3. The number of ether oxygens (including phenoxy) is 1. The number of rotatable bonds is 7. The molecule has 2 N–H and O–H groups in total. The number of nitrogens with one attached hydrogen (secondary N) is 2. The minimum absolute atomic E-state index is 0.125. The Balaban J connectivity index is 1.33. The summed E-state index contributed by atoms with van der Waals surface area (Å²) in [4.78, 5) is 17.5. The molecule has 0 spiro atoms. The van der Waals surface area contributed by atoms with Gasteiger partial charge in [0.05, 0.1) is 17.9 Å². The number of aryl methyl sites for hydroxylation is 1. The molecule has 0 fully saturated rings. The summed E-state index contributed by atoms with van der Waals surface area (Å²) in [7, 11) is 1.59. The third-order valence-corrected chi connectivity index (χ3v) is 7.09. The van der Waals surface area contributed by atoms with Gasteiger partial charge in [-0.1, -0.05) is 41.6 Å². The van der Waals surface area contributed by atoms with Crippen molar-refractivity contribution in [2.75, 3.05) is 12.4 Å². The van der Waals surface area contributed by atoms with Crippen LogP contribution < -0.4 is 10.1 Å². The Hall–Kier alpha value is -3.49. The van der Waals surface area contributed by atoms with Gasteiger partial charge in [-0.25, -0.2) is 4.98 Å². The third kappa shape index (κ3) is 4.47. The van der Waals surface area contributed by atoms with Gasteiger partial charge in [0.15, 0.2) is 5.82 Å². The van der Waals surface area contributed by atoms with Crippen molar-refractivity contribution in [3.63, 3.8) is 0 Å². The molecule has 0 saturated carbocycles. The van der Waals surface area contributed by atoms with Gasteiger partial charge in [0.1, 0.15) is 5.75 Å². The molecule has 0 aliphatic rings. The lowest BCUT2D eigenvalue weighted by Crippen LogP contribution is -2.22. The van der Waals surface area contributed by atoms with Crippen molar-refractivity contribution >= 4 is 56.8 Å². The van der Waals surface area contributed by atoms with E-state index in [1.807, 2.05) is 31.2 Å². The van der Waals surface area contributed by atoms with Gasteiger partial charge in [-0.05, 0) is 56.3 Å². The summed E-state index contributed by atoms with van der Waals surface area (Å²) in [6, 6.07) is 19.7. The Morgan fingerprint density at radius 1 is 1.14 bits per heavy atom. The number of fused-ring (bicyclic) bond motifs is 3. The average molecular weight is 506 g/mol. The SMILES string of the molecule is CCn1c2ccccc2c2cc(NC(=O)C(C)Sc3n[nH]c(-c4cc(Cl)ccc4OC)n3)ccc21. The third-order valence-electron chi connectivity index (χ3n) is 5.89. The predicted molar refractivity (Wildman–Crippen MR) is 142 cm³/mol. The maximum absolute atomic E-state index is 13.0. The molecule has 3 aromatic carbocycles. The minimum atomic E-state index is -0.410. The number of para-hydroxylation sites is 1. The van der Waals surface area contributed by atoms with Crippen molar-refractivity contribution in [1.82, 2.24) is 19.7 Å². The van der Waals surface area contributed by atoms with E-state index in [4.69, 9.17) is 16.3 Å². The maximum atomic E-state index is 13.0. The van der Waals surface area contributed by atoms with E-state index in [0.29, 0.717) is 27.3 Å². The average Bonchev–Trinajstić information content (AvgIpc) is 3.46. The van der Waals surface area contributed by atoms with Gasteiger partial charge < -0.3 is 14.6 Å². The highest BCUT2D eigenvalue weighted by Crippen LogP contribution is 2.33. The fraction of sp³-hybridized carbons (Fsp3) is 0.192. The van der Waals surface area contributed by atoms with Crippen LogP contribution in [0.1, 0.15) is 13.8 Å². The lowest BCUT2D eigenvalue weighted by molar-refractivity contribution is -0.115. The van der Waals surface area contributed by atoms with Crippen LogP contribution in [0.5, 0.6) is 5.75 Å². The molecule has 5 rings (SSSR count). The smallest absolute Gasteiger partial charge is 0.237 e. The molecular formula is C26H24ClN5O2S. The molecule has 1 amide bonds. The van der Waals surface area contributed by atoms with Crippen molar-refractivity contribution in [2.24, 2.45) is 0 Å². The number of amides is 1. The van der Waals surface area contributed by atoms with Crippen LogP contribution in [0.4, 0.5) is 5.69 Å². The van der Waals surface area contributed by atoms with Crippen LogP contribution in [0.2, 0.25) is 5.02 Å². The number of H-pyrrole nitrogens is 1. The van der Waals surface area contributed by atoms with Crippen LogP contribution in [0.25, 0.3) is 33.2 Å². The topological polar surface area (TPSA) is 84.8 Å². The van der Waals surface area contributed by atoms with Crippen LogP contribution in [0.15, 0.2) is 65.8 Å². The zero-order valence-corrected chi connectivity index (χ0v) is 21.1. The van der Waals surface area contributed by atoms with Crippen LogP contribution in [0.3, 0.4) is 0 Å². The van der Waals surface area contributed by atoms with Crippen molar-refractivity contribution in [3.8, 4) is 17.1 Å². The predicted octanol–water partition coefficient (Wildman–Crippen LogP) is 6.38. The van der Waals surface area contributed by atoms with E-state index in [9.17, 15) is 4.79 Å². The fourth-order valence-electron chi connectivity index (χ4n) is 4.21. The molecule has 9 heteroatoms. The van der Waals surface area contributed by atoms with Crippen molar-refractivity contribution in [1.29, 1.82) is 0 Å². The van der Waals surface area contributed by atoms with Crippen molar-refractivity contribution < 1.29 is 9.53 Å². The molecule has 35 heavy (non-hydrogen) atoms. The van der Waals surface area contributed by atoms with Crippen molar-refractivity contribution in [2.45, 2.75) is 30.8 Å². The van der Waals surface area contributed by atoms with Gasteiger partial charge >= 0.3 is 0 Å². The van der Waals surface area contributed by atoms with Crippen LogP contribution in [-0.2, 0) is 11.3 Å². The van der Waals surface area contributed by atoms with E-state index in [2.05, 4.69) is 50.2 Å². The van der Waals surface area contributed by atoms with Crippen LogP contribution in [-0.4, -0.2) is 38.0 Å². The first-order valence-electron chi connectivity index (χ1n) is 11.2. The first-order chi connectivity index (χ1) is 17.0. The Morgan fingerprint density at radius 2 is 1.94 bits per heavy atom. The zero-order chi connectivity index (χ0) is 24.5. The second-order valence-corrected chi connectivity index (χ2v) is 9.80. The molecule has 2 aromatic heterocycles. The molecule has 0 radical (unpaired) electrons. The summed E-state index contributed by atoms with van der Waals surface area (Å²) in [5.41, 5.74) is 3.80. The normalized spacial score (nSPS) is 12.2. The number of halogens is 1. The van der Waals surface area contributed by atoms with E-state index in [1.54, 1.807) is 25.3 Å². The first-order valence-corrected chi connectivity index (χ1v) is 12.5. The molecule has 0 bridgehead atoms. The number of carbonyl (C=O) groups is 1. The molecule has 5 aromatic rings. The molecule has 1 unspecified atom stereocenters. The second-order valence-electron chi connectivity index (χ2n) is 8.05. The number of thioether (sulfide) groups is 1. The fourth-order valence-corrected chi connectivity index (χ4v) is 5.11. The summed E-state index contributed by atoms with van der Waals surface area (Å²) in [5.74, 6) is 1.03. The molecule has 0 aliphatic carbocycles. The number of carbonyl (C=O) groups excluding carboxylic acids is 1. The lowest BCUT2D eigenvalue weighted by Gasteiger charge is -2.11. The molecule has 7 nitrogen and oxygen atoms in total. The van der Waals surface area contributed by atoms with E-state index in [-0.39, 0.29) is 5.91 Å². The number of aromatic amines is 1. The number of anilines is 1. The Bertz CT molecular complexity index is 1540. The van der Waals surface area contributed by atoms with E-state index < -0.39 is 5.25 Å². The number of hydrogen-bond donors (Lipinski definition) is 2. The van der Waals surface area contributed by atoms with Gasteiger partial charge in [-0.3, -0.25) is 9.89 Å². The first kappa shape index (κ1) is 23.3. The molecule has 0 saturated heterocycles. The molecule has 1 atom stereocenters. The van der Waals surface area contributed by atoms with E-state index in [1.165, 1.54) is 22.7 Å². The van der Waals surface area contributed by atoms with Crippen LogP contribution in [0, 0.1) is 0 Å². The highest BCUT2D eigenvalue weighted by Gasteiger charge is 2.19. The Labute approximate surface area is 211 Å². The van der Waals surface area contributed by atoms with E-state index >= 15 is 0 Å². The molecule has 178 valence electrons. The standard InChI is InChI=1S/C26H24ClN5O2S/c1-4-32-21-8-6-5-7-18(21)19-14-17(10-11-22(19)32)28-25(33)15(2)35-26-29-24(30-31-26)20-13-16(27)9-12-23(20)34-3/h5-15H,4H2,1-3H3,(H,28,33)(H,29,30,31). The van der Waals surface area contributed by atoms with Gasteiger partial charge in [0.25, 0.3) is 0 Å². The highest BCUT2D eigenvalue weighted by molar-refractivity contribution is 8.00. The number of hydrogen-bond acceptors (Lipinski definition) is 5. The summed E-state index contributed by atoms with van der Waals surface area (Å²) >= 11 is 7.41. The summed E-state index contributed by atoms with van der Waals surface area (Å²) in [5, 5.41) is 13.1. The lowest BCUT2D eigenvalue weighted by atomic mass is 10.1. The van der Waals surface area contributed by atoms with Crippen molar-refractivity contribution in [3.05, 3.63) is 65.7 Å². The quantitative estimate of drug-likeness (QED) is 0.251. The largest absolute Gasteiger partial charge is 0.496 e. The molecule has 0 aliphatic heterocycles. The number of methoxy groups -OCH3 is 1. The van der Waals surface area contributed by atoms with E-state index in [0.717, 1.165) is 23.1 Å². The number of benzene rings is 3. The zero-order valence-electron chi connectivity index (χ0n) is 19.5. The summed E-state index contributed by atoms with van der Waals surface area (Å²) in [6.45, 7) is 4.85. The van der Waals surface area contributed by atoms with Gasteiger partial charge in [0.2, 0.25) is 11.1 Å². The van der Waals surface area contributed by atoms with Gasteiger partial charge in [-0.2, -0.15) is 0 Å². The Morgan fingerprint density at radius 3 is 2.74 bits per heavy atom. The maximum Gasteiger partial charge on any atom is 0.237 e. The van der Waals surface area contributed by atoms with Crippen LogP contribution >= 0.6 is 23.4 Å². The second kappa shape index (κ2) is 9.64. The number of aromatic nitrogens is 4. The Kier molecular flexibility index (Phi) is 6.40.